The molecule has 24 heavy (non-hydrogen) atoms. The molecular weight excluding hydrogens is 338 g/mol. The smallest absolute Gasteiger partial charge is 0.253 e. The van der Waals surface area contributed by atoms with Crippen LogP contribution in [0.3, 0.4) is 0 Å². The summed E-state index contributed by atoms with van der Waals surface area (Å²) in [5.41, 5.74) is 2.87. The summed E-state index contributed by atoms with van der Waals surface area (Å²) in [6.45, 7) is 2.71. The molecule has 1 aromatic carbocycles. The highest BCUT2D eigenvalue weighted by Crippen LogP contribution is 2.21. The summed E-state index contributed by atoms with van der Waals surface area (Å²) in [5.74, 6) is 0.0236. The Morgan fingerprint density at radius 1 is 1.38 bits per heavy atom. The highest BCUT2D eigenvalue weighted by Gasteiger charge is 2.15. The summed E-state index contributed by atoms with van der Waals surface area (Å²) in [6.07, 6.45) is 5.67. The van der Waals surface area contributed by atoms with E-state index in [0.29, 0.717) is 12.1 Å². The van der Waals surface area contributed by atoms with Crippen molar-refractivity contribution in [3.8, 4) is 5.69 Å². The van der Waals surface area contributed by atoms with Crippen LogP contribution in [-0.2, 0) is 6.54 Å². The molecule has 2 heterocycles. The summed E-state index contributed by atoms with van der Waals surface area (Å²) in [5, 5.41) is 2.97. The van der Waals surface area contributed by atoms with Gasteiger partial charge in [-0.3, -0.25) is 9.36 Å². The third-order valence-electron chi connectivity index (χ3n) is 3.86. The number of carbonyl (C=O) groups excluding carboxylic acids is 1. The maximum absolute atomic E-state index is 12.8. The SMILES string of the molecule is CSc1nccn1-c1cccc(C(=O)N(C)Cc2sccc2C)c1. The van der Waals surface area contributed by atoms with Gasteiger partial charge < -0.3 is 4.90 Å². The number of thiophene rings is 1. The molecule has 0 N–H and O–H groups in total. The van der Waals surface area contributed by atoms with Crippen LogP contribution in [0.4, 0.5) is 0 Å². The topological polar surface area (TPSA) is 38.1 Å². The van der Waals surface area contributed by atoms with Gasteiger partial charge in [0, 0.05) is 35.6 Å². The zero-order valence-electron chi connectivity index (χ0n) is 13.9. The first-order valence-electron chi connectivity index (χ1n) is 7.56. The third-order valence-corrected chi connectivity index (χ3v) is 5.53. The minimum Gasteiger partial charge on any atom is -0.337 e. The van der Waals surface area contributed by atoms with Gasteiger partial charge in [-0.15, -0.1) is 11.3 Å². The van der Waals surface area contributed by atoms with Crippen molar-refractivity contribution in [2.45, 2.75) is 18.6 Å². The summed E-state index contributed by atoms with van der Waals surface area (Å²) in [7, 11) is 1.85. The molecule has 0 bridgehead atoms. The first-order chi connectivity index (χ1) is 11.6. The van der Waals surface area contributed by atoms with Crippen molar-refractivity contribution >= 4 is 29.0 Å². The second kappa shape index (κ2) is 7.23. The minimum atomic E-state index is 0.0236. The van der Waals surface area contributed by atoms with Gasteiger partial charge in [-0.2, -0.15) is 0 Å². The Morgan fingerprint density at radius 2 is 2.21 bits per heavy atom. The molecule has 124 valence electrons. The normalized spacial score (nSPS) is 10.8. The molecule has 0 spiro atoms. The fourth-order valence-corrected chi connectivity index (χ4v) is 3.99. The number of hydrogen-bond acceptors (Lipinski definition) is 4. The lowest BCUT2D eigenvalue weighted by molar-refractivity contribution is 0.0786. The quantitative estimate of drug-likeness (QED) is 0.641. The second-order valence-electron chi connectivity index (χ2n) is 5.52. The Bertz CT molecular complexity index is 853. The maximum Gasteiger partial charge on any atom is 0.253 e. The molecule has 0 aliphatic carbocycles. The van der Waals surface area contributed by atoms with Crippen LogP contribution in [0.25, 0.3) is 5.69 Å². The number of nitrogens with zero attached hydrogens (tertiary/aromatic N) is 3. The van der Waals surface area contributed by atoms with Crippen LogP contribution in [-0.4, -0.2) is 33.7 Å². The molecule has 0 saturated carbocycles. The zero-order valence-corrected chi connectivity index (χ0v) is 15.5. The van der Waals surface area contributed by atoms with Crippen LogP contribution < -0.4 is 0 Å². The van der Waals surface area contributed by atoms with E-state index in [1.54, 1.807) is 34.2 Å². The third kappa shape index (κ3) is 3.39. The lowest BCUT2D eigenvalue weighted by atomic mass is 10.1. The van der Waals surface area contributed by atoms with E-state index < -0.39 is 0 Å². The molecule has 4 nitrogen and oxygen atoms in total. The molecule has 0 aliphatic heterocycles. The van der Waals surface area contributed by atoms with Crippen LogP contribution >= 0.6 is 23.1 Å². The molecule has 1 amide bonds. The van der Waals surface area contributed by atoms with Crippen molar-refractivity contribution in [3.63, 3.8) is 0 Å². The summed E-state index contributed by atoms with van der Waals surface area (Å²) in [6, 6.07) is 9.77. The summed E-state index contributed by atoms with van der Waals surface area (Å²) >= 11 is 3.27. The van der Waals surface area contributed by atoms with Gasteiger partial charge in [-0.25, -0.2) is 4.98 Å². The van der Waals surface area contributed by atoms with Crippen LogP contribution in [0.5, 0.6) is 0 Å². The molecule has 0 atom stereocenters. The molecule has 3 rings (SSSR count). The molecule has 0 unspecified atom stereocenters. The number of aryl methyl sites for hydroxylation is 1. The second-order valence-corrected chi connectivity index (χ2v) is 7.30. The predicted molar refractivity (Wildman–Crippen MR) is 100 cm³/mol. The molecular formula is C18H19N3OS2. The molecule has 3 aromatic rings. The van der Waals surface area contributed by atoms with E-state index >= 15 is 0 Å². The van der Waals surface area contributed by atoms with Gasteiger partial charge >= 0.3 is 0 Å². The number of carbonyl (C=O) groups is 1. The van der Waals surface area contributed by atoms with Crippen LogP contribution in [0, 0.1) is 6.92 Å². The fourth-order valence-electron chi connectivity index (χ4n) is 2.50. The Hall–Kier alpha value is -2.05. The number of rotatable bonds is 5. The van der Waals surface area contributed by atoms with Gasteiger partial charge in [-0.1, -0.05) is 17.8 Å². The molecule has 6 heteroatoms. The van der Waals surface area contributed by atoms with Gasteiger partial charge in [0.15, 0.2) is 5.16 Å². The number of thioether (sulfide) groups is 1. The van der Waals surface area contributed by atoms with E-state index in [1.165, 1.54) is 10.4 Å². The average Bonchev–Trinajstić information content (AvgIpc) is 3.23. The fraction of sp³-hybridized carbons (Fsp3) is 0.222. The Labute approximate surface area is 150 Å². The average molecular weight is 358 g/mol. The Balaban J connectivity index is 1.83. The summed E-state index contributed by atoms with van der Waals surface area (Å²) in [4.78, 5) is 20.1. The van der Waals surface area contributed by atoms with E-state index in [-0.39, 0.29) is 5.91 Å². The van der Waals surface area contributed by atoms with Crippen molar-refractivity contribution < 1.29 is 4.79 Å². The standard InChI is InChI=1S/C18H19N3OS2/c1-13-7-10-24-16(13)12-20(2)17(22)14-5-4-6-15(11-14)21-9-8-19-18(21)23-3/h4-11H,12H2,1-3H3. The van der Waals surface area contributed by atoms with Crippen molar-refractivity contribution in [2.75, 3.05) is 13.3 Å². The van der Waals surface area contributed by atoms with E-state index in [4.69, 9.17) is 0 Å². The van der Waals surface area contributed by atoms with Gasteiger partial charge in [0.25, 0.3) is 5.91 Å². The number of hydrogen-bond donors (Lipinski definition) is 0. The first kappa shape index (κ1) is 16.8. The zero-order chi connectivity index (χ0) is 17.1. The van der Waals surface area contributed by atoms with E-state index in [2.05, 4.69) is 23.4 Å². The van der Waals surface area contributed by atoms with Crippen molar-refractivity contribution in [2.24, 2.45) is 0 Å². The number of benzene rings is 1. The van der Waals surface area contributed by atoms with Gasteiger partial charge in [0.05, 0.1) is 6.54 Å². The first-order valence-corrected chi connectivity index (χ1v) is 9.67. The molecule has 0 fully saturated rings. The highest BCUT2D eigenvalue weighted by molar-refractivity contribution is 7.98. The van der Waals surface area contributed by atoms with Crippen LogP contribution in [0.1, 0.15) is 20.8 Å². The number of aromatic nitrogens is 2. The molecule has 0 aliphatic rings. The predicted octanol–water partition coefficient (Wildman–Crippen LogP) is 4.24. The lowest BCUT2D eigenvalue weighted by Gasteiger charge is -2.17. The van der Waals surface area contributed by atoms with E-state index in [9.17, 15) is 4.79 Å². The number of imidazole rings is 1. The summed E-state index contributed by atoms with van der Waals surface area (Å²) < 4.78 is 1.99. The van der Waals surface area contributed by atoms with Gasteiger partial charge in [0.2, 0.25) is 0 Å². The highest BCUT2D eigenvalue weighted by atomic mass is 32.2. The molecule has 0 saturated heterocycles. The van der Waals surface area contributed by atoms with Crippen molar-refractivity contribution in [3.05, 3.63) is 64.1 Å². The lowest BCUT2D eigenvalue weighted by Crippen LogP contribution is -2.26. The van der Waals surface area contributed by atoms with E-state index in [0.717, 1.165) is 10.8 Å². The van der Waals surface area contributed by atoms with Gasteiger partial charge in [-0.05, 0) is 48.4 Å². The number of amides is 1. The van der Waals surface area contributed by atoms with Crippen LogP contribution in [0.2, 0.25) is 0 Å². The monoisotopic (exact) mass is 357 g/mol. The largest absolute Gasteiger partial charge is 0.337 e. The van der Waals surface area contributed by atoms with Crippen molar-refractivity contribution in [1.82, 2.24) is 14.5 Å². The Morgan fingerprint density at radius 3 is 2.92 bits per heavy atom. The maximum atomic E-state index is 12.8. The minimum absolute atomic E-state index is 0.0236. The molecule has 0 radical (unpaired) electrons. The van der Waals surface area contributed by atoms with Gasteiger partial charge in [0.1, 0.15) is 0 Å². The van der Waals surface area contributed by atoms with E-state index in [1.807, 2.05) is 48.3 Å². The Kier molecular flexibility index (Phi) is 5.06. The van der Waals surface area contributed by atoms with Crippen molar-refractivity contribution in [1.29, 1.82) is 0 Å². The van der Waals surface area contributed by atoms with Crippen LogP contribution in [0.15, 0.2) is 53.3 Å². The molecule has 2 aromatic heterocycles.